The molecule has 0 aliphatic heterocycles. The van der Waals surface area contributed by atoms with Crippen LogP contribution in [0.15, 0.2) is 24.3 Å². The van der Waals surface area contributed by atoms with Gasteiger partial charge in [-0.25, -0.2) is 13.6 Å². The summed E-state index contributed by atoms with van der Waals surface area (Å²) in [6, 6.07) is 4.04. The number of benzene rings is 1. The maximum atomic E-state index is 12.6. The van der Waals surface area contributed by atoms with Gasteiger partial charge in [0.15, 0.2) is 0 Å². The highest BCUT2D eigenvalue weighted by Gasteiger charge is 2.17. The summed E-state index contributed by atoms with van der Waals surface area (Å²) in [5.41, 5.74) is 0.0604. The summed E-state index contributed by atoms with van der Waals surface area (Å²) < 4.78 is 25.1. The number of hydrogen-bond donors (Lipinski definition) is 3. The van der Waals surface area contributed by atoms with Crippen LogP contribution in [0.2, 0.25) is 0 Å². The molecule has 0 aliphatic carbocycles. The summed E-state index contributed by atoms with van der Waals surface area (Å²) in [5, 5.41) is 7.63. The lowest BCUT2D eigenvalue weighted by Gasteiger charge is -2.17. The zero-order valence-electron chi connectivity index (χ0n) is 12.8. The Labute approximate surface area is 128 Å². The molecule has 3 N–H and O–H groups in total. The molecule has 22 heavy (non-hydrogen) atoms. The standard InChI is InChI=1S/C15H21F2N3O2/c1-4-9(2)18-14(21)10(3)19-15(22)20-12-7-5-6-11(8-12)13(16)17/h5-10,13H,4H2,1-3H3,(H,18,21)(H2,19,20,22)/t9-,10+/m1/s1. The predicted octanol–water partition coefficient (Wildman–Crippen LogP) is 3.05. The lowest BCUT2D eigenvalue weighted by molar-refractivity contribution is -0.123. The van der Waals surface area contributed by atoms with Gasteiger partial charge < -0.3 is 16.0 Å². The van der Waals surface area contributed by atoms with Crippen LogP contribution in [0, 0.1) is 0 Å². The Balaban J connectivity index is 2.55. The maximum absolute atomic E-state index is 12.6. The fraction of sp³-hybridized carbons (Fsp3) is 0.467. The molecule has 2 atom stereocenters. The third-order valence-corrected chi connectivity index (χ3v) is 3.14. The molecular weight excluding hydrogens is 292 g/mol. The minimum Gasteiger partial charge on any atom is -0.352 e. The fourth-order valence-corrected chi connectivity index (χ4v) is 1.65. The molecule has 5 nitrogen and oxygen atoms in total. The van der Waals surface area contributed by atoms with Crippen molar-refractivity contribution >= 4 is 17.6 Å². The summed E-state index contributed by atoms with van der Waals surface area (Å²) in [4.78, 5) is 23.6. The van der Waals surface area contributed by atoms with Crippen LogP contribution < -0.4 is 16.0 Å². The minimum atomic E-state index is -2.61. The molecule has 0 aliphatic rings. The molecule has 0 fully saturated rings. The molecule has 0 aromatic heterocycles. The van der Waals surface area contributed by atoms with Crippen molar-refractivity contribution in [2.75, 3.05) is 5.32 Å². The van der Waals surface area contributed by atoms with E-state index in [1.165, 1.54) is 24.3 Å². The molecule has 1 aromatic rings. The van der Waals surface area contributed by atoms with Gasteiger partial charge in [-0.15, -0.1) is 0 Å². The first kappa shape index (κ1) is 17.9. The Hall–Kier alpha value is -2.18. The van der Waals surface area contributed by atoms with Crippen LogP contribution in [0.25, 0.3) is 0 Å². The van der Waals surface area contributed by atoms with Gasteiger partial charge in [0, 0.05) is 17.3 Å². The Morgan fingerprint density at radius 2 is 1.86 bits per heavy atom. The highest BCUT2D eigenvalue weighted by molar-refractivity contribution is 5.93. The van der Waals surface area contributed by atoms with E-state index in [4.69, 9.17) is 0 Å². The average molecular weight is 313 g/mol. The molecule has 0 heterocycles. The molecule has 7 heteroatoms. The summed E-state index contributed by atoms with van der Waals surface area (Å²) >= 11 is 0. The van der Waals surface area contributed by atoms with E-state index >= 15 is 0 Å². The molecule has 1 aromatic carbocycles. The third-order valence-electron chi connectivity index (χ3n) is 3.14. The van der Waals surface area contributed by atoms with Gasteiger partial charge in [0.25, 0.3) is 6.43 Å². The van der Waals surface area contributed by atoms with Gasteiger partial charge in [-0.1, -0.05) is 19.1 Å². The van der Waals surface area contributed by atoms with Crippen molar-refractivity contribution in [2.45, 2.75) is 45.7 Å². The second kappa shape index (κ2) is 8.31. The number of amides is 3. The monoisotopic (exact) mass is 313 g/mol. The van der Waals surface area contributed by atoms with Gasteiger partial charge in [0.05, 0.1) is 0 Å². The van der Waals surface area contributed by atoms with E-state index in [1.54, 1.807) is 6.92 Å². The summed E-state index contributed by atoms with van der Waals surface area (Å²) in [5.74, 6) is -0.300. The number of anilines is 1. The summed E-state index contributed by atoms with van der Waals surface area (Å²) in [6.45, 7) is 5.35. The van der Waals surface area contributed by atoms with Crippen LogP contribution in [0.3, 0.4) is 0 Å². The van der Waals surface area contributed by atoms with Crippen LogP contribution in [0.1, 0.15) is 39.2 Å². The number of urea groups is 1. The highest BCUT2D eigenvalue weighted by Crippen LogP contribution is 2.21. The van der Waals surface area contributed by atoms with E-state index in [2.05, 4.69) is 16.0 Å². The normalized spacial score (nSPS) is 13.4. The Morgan fingerprint density at radius 3 is 2.45 bits per heavy atom. The molecule has 3 amide bonds. The van der Waals surface area contributed by atoms with Gasteiger partial charge >= 0.3 is 6.03 Å². The molecule has 0 unspecified atom stereocenters. The van der Waals surface area contributed by atoms with Crippen molar-refractivity contribution in [1.29, 1.82) is 0 Å². The van der Waals surface area contributed by atoms with E-state index in [-0.39, 0.29) is 23.2 Å². The second-order valence-corrected chi connectivity index (χ2v) is 5.06. The van der Waals surface area contributed by atoms with Gasteiger partial charge in [-0.2, -0.15) is 0 Å². The Morgan fingerprint density at radius 1 is 1.18 bits per heavy atom. The van der Waals surface area contributed by atoms with Crippen molar-refractivity contribution in [3.05, 3.63) is 29.8 Å². The van der Waals surface area contributed by atoms with Crippen molar-refractivity contribution < 1.29 is 18.4 Å². The number of alkyl halides is 2. The zero-order valence-corrected chi connectivity index (χ0v) is 12.8. The predicted molar refractivity (Wildman–Crippen MR) is 80.9 cm³/mol. The lowest BCUT2D eigenvalue weighted by Crippen LogP contribution is -2.48. The smallest absolute Gasteiger partial charge is 0.319 e. The zero-order chi connectivity index (χ0) is 16.7. The van der Waals surface area contributed by atoms with Gasteiger partial charge in [-0.05, 0) is 32.4 Å². The molecule has 0 saturated heterocycles. The number of halogens is 2. The first-order chi connectivity index (χ1) is 10.3. The largest absolute Gasteiger partial charge is 0.352 e. The second-order valence-electron chi connectivity index (χ2n) is 5.06. The van der Waals surface area contributed by atoms with Gasteiger partial charge in [-0.3, -0.25) is 4.79 Å². The van der Waals surface area contributed by atoms with Crippen LogP contribution in [-0.4, -0.2) is 24.0 Å². The number of hydrogen-bond acceptors (Lipinski definition) is 2. The van der Waals surface area contributed by atoms with E-state index in [9.17, 15) is 18.4 Å². The molecule has 122 valence electrons. The van der Waals surface area contributed by atoms with E-state index in [0.717, 1.165) is 6.42 Å². The molecule has 0 bridgehead atoms. The lowest BCUT2D eigenvalue weighted by atomic mass is 10.2. The van der Waals surface area contributed by atoms with E-state index in [1.807, 2.05) is 13.8 Å². The molecule has 0 saturated carbocycles. The Bertz CT molecular complexity index is 523. The van der Waals surface area contributed by atoms with Crippen molar-refractivity contribution in [3.63, 3.8) is 0 Å². The molecular formula is C15H21F2N3O2. The molecule has 0 spiro atoms. The fourth-order valence-electron chi connectivity index (χ4n) is 1.65. The first-order valence-electron chi connectivity index (χ1n) is 7.09. The van der Waals surface area contributed by atoms with Crippen LogP contribution in [0.4, 0.5) is 19.3 Å². The van der Waals surface area contributed by atoms with E-state index < -0.39 is 18.5 Å². The molecule has 1 rings (SSSR count). The highest BCUT2D eigenvalue weighted by atomic mass is 19.3. The topological polar surface area (TPSA) is 70.2 Å². The number of carbonyl (C=O) groups excluding carboxylic acids is 2. The van der Waals surface area contributed by atoms with Crippen LogP contribution >= 0.6 is 0 Å². The number of carbonyl (C=O) groups is 2. The quantitative estimate of drug-likeness (QED) is 0.755. The average Bonchev–Trinajstić information content (AvgIpc) is 2.46. The minimum absolute atomic E-state index is 0.0162. The third kappa shape index (κ3) is 5.67. The summed E-state index contributed by atoms with van der Waals surface area (Å²) in [7, 11) is 0. The van der Waals surface area contributed by atoms with Crippen LogP contribution in [-0.2, 0) is 4.79 Å². The van der Waals surface area contributed by atoms with Crippen LogP contribution in [0.5, 0.6) is 0 Å². The number of nitrogens with one attached hydrogen (secondary N) is 3. The van der Waals surface area contributed by atoms with Crippen molar-refractivity contribution in [2.24, 2.45) is 0 Å². The van der Waals surface area contributed by atoms with Gasteiger partial charge in [0.2, 0.25) is 5.91 Å². The van der Waals surface area contributed by atoms with E-state index in [0.29, 0.717) is 0 Å². The SMILES string of the molecule is CC[C@@H](C)NC(=O)[C@H](C)NC(=O)Nc1cccc(C(F)F)c1. The summed E-state index contributed by atoms with van der Waals surface area (Å²) in [6.07, 6.45) is -1.82. The number of rotatable bonds is 6. The Kier molecular flexibility index (Phi) is 6.75. The maximum Gasteiger partial charge on any atom is 0.319 e. The van der Waals surface area contributed by atoms with Crippen molar-refractivity contribution in [3.8, 4) is 0 Å². The van der Waals surface area contributed by atoms with Crippen molar-refractivity contribution in [1.82, 2.24) is 10.6 Å². The van der Waals surface area contributed by atoms with Gasteiger partial charge in [0.1, 0.15) is 6.04 Å². The first-order valence-corrected chi connectivity index (χ1v) is 7.09. The molecule has 0 radical (unpaired) electrons.